The fraction of sp³-hybridized carbons (Fsp3) is 0.111. The van der Waals surface area contributed by atoms with E-state index >= 15 is 0 Å². The molecule has 0 amide bonds. The quantitative estimate of drug-likeness (QED) is 0.488. The van der Waals surface area contributed by atoms with Gasteiger partial charge in [0.05, 0.1) is 0 Å². The lowest BCUT2D eigenvalue weighted by Gasteiger charge is -2.18. The normalized spacial score (nSPS) is 21.1. The van der Waals surface area contributed by atoms with Gasteiger partial charge in [-0.25, -0.2) is 0 Å². The number of ether oxygens (including phenoxy) is 1. The van der Waals surface area contributed by atoms with Crippen LogP contribution in [0.25, 0.3) is 0 Å². The van der Waals surface area contributed by atoms with Crippen molar-refractivity contribution in [1.82, 2.24) is 0 Å². The van der Waals surface area contributed by atoms with Gasteiger partial charge in [-0.05, 0) is 12.1 Å². The summed E-state index contributed by atoms with van der Waals surface area (Å²) in [6.45, 7) is 0. The first-order valence-electron chi connectivity index (χ1n) is 3.67. The van der Waals surface area contributed by atoms with Crippen molar-refractivity contribution < 1.29 is 4.74 Å². The molecule has 0 saturated carbocycles. The zero-order chi connectivity index (χ0) is 8.39. The number of alkyl halides is 1. The van der Waals surface area contributed by atoms with Gasteiger partial charge in [-0.15, -0.1) is 0 Å². The Hall–Kier alpha value is -1.15. The summed E-state index contributed by atoms with van der Waals surface area (Å²) in [4.78, 5) is 1.85. The third-order valence-corrected chi connectivity index (χ3v) is 2.00. The van der Waals surface area contributed by atoms with E-state index in [2.05, 4.69) is 0 Å². The van der Waals surface area contributed by atoms with Gasteiger partial charge in [-0.1, -0.05) is 29.8 Å². The first-order valence-corrected chi connectivity index (χ1v) is 4.11. The predicted molar refractivity (Wildman–Crippen MR) is 48.8 cm³/mol. The van der Waals surface area contributed by atoms with Crippen molar-refractivity contribution in [3.8, 4) is 0 Å². The van der Waals surface area contributed by atoms with Crippen molar-refractivity contribution in [3.05, 3.63) is 42.8 Å². The summed E-state index contributed by atoms with van der Waals surface area (Å²) in [6.07, 6.45) is 3.40. The van der Waals surface area contributed by atoms with Crippen molar-refractivity contribution in [1.29, 1.82) is 0 Å². The number of hydrogen-bond acceptors (Lipinski definition) is 2. The molecule has 0 radical (unpaired) electrons. The average molecular weight is 182 g/mol. The first-order chi connectivity index (χ1) is 5.88. The van der Waals surface area contributed by atoms with Gasteiger partial charge in [-0.2, -0.15) is 0 Å². The number of anilines is 1. The molecule has 0 spiro atoms. The van der Waals surface area contributed by atoms with Crippen LogP contribution >= 0.6 is 11.6 Å². The van der Waals surface area contributed by atoms with Gasteiger partial charge < -0.3 is 4.74 Å². The Morgan fingerprint density at radius 3 is 2.58 bits per heavy atom. The fourth-order valence-electron chi connectivity index (χ4n) is 1.10. The highest BCUT2D eigenvalue weighted by Gasteiger charge is 2.18. The summed E-state index contributed by atoms with van der Waals surface area (Å²) in [5.74, 6) is 0. The molecule has 3 heteroatoms. The molecule has 0 aliphatic carbocycles. The van der Waals surface area contributed by atoms with Crippen molar-refractivity contribution in [2.45, 2.75) is 5.69 Å². The summed E-state index contributed by atoms with van der Waals surface area (Å²) >= 11 is 5.85. The molecule has 2 rings (SSSR count). The van der Waals surface area contributed by atoms with Crippen LogP contribution in [0.15, 0.2) is 42.8 Å². The van der Waals surface area contributed by atoms with E-state index in [4.69, 9.17) is 16.3 Å². The molecule has 1 aromatic rings. The second kappa shape index (κ2) is 3.07. The van der Waals surface area contributed by atoms with Crippen LogP contribution < -0.4 is 4.90 Å². The van der Waals surface area contributed by atoms with Gasteiger partial charge >= 0.3 is 0 Å². The van der Waals surface area contributed by atoms with Crippen LogP contribution in [-0.4, -0.2) is 5.69 Å². The Labute approximate surface area is 76.0 Å². The minimum Gasteiger partial charge on any atom is -0.462 e. The zero-order valence-corrected chi connectivity index (χ0v) is 7.11. The van der Waals surface area contributed by atoms with Crippen LogP contribution in [0.2, 0.25) is 0 Å². The topological polar surface area (TPSA) is 12.5 Å². The molecular weight excluding hydrogens is 174 g/mol. The van der Waals surface area contributed by atoms with Crippen molar-refractivity contribution in [3.63, 3.8) is 0 Å². The molecule has 0 aromatic heterocycles. The fourth-order valence-corrected chi connectivity index (χ4v) is 1.34. The summed E-state index contributed by atoms with van der Waals surface area (Å²) in [7, 11) is 0. The smallest absolute Gasteiger partial charge is 0.253 e. The number of rotatable bonds is 1. The lowest BCUT2D eigenvalue weighted by Crippen LogP contribution is -2.21. The third kappa shape index (κ3) is 1.25. The Bertz CT molecular complexity index is 286. The molecule has 1 aliphatic rings. The monoisotopic (exact) mass is 181 g/mol. The number of halogens is 1. The minimum atomic E-state index is -0.410. The molecule has 62 valence electrons. The molecule has 1 unspecified atom stereocenters. The molecule has 0 N–H and O–H groups in total. The highest BCUT2D eigenvalue weighted by atomic mass is 35.5. The van der Waals surface area contributed by atoms with Crippen LogP contribution in [0.5, 0.6) is 0 Å². The largest absolute Gasteiger partial charge is 0.462 e. The van der Waals surface area contributed by atoms with E-state index in [1.807, 2.05) is 41.4 Å². The highest BCUT2D eigenvalue weighted by molar-refractivity contribution is 6.21. The van der Waals surface area contributed by atoms with Crippen LogP contribution in [0, 0.1) is 0 Å². The van der Waals surface area contributed by atoms with Crippen LogP contribution in [-0.2, 0) is 4.74 Å². The summed E-state index contributed by atoms with van der Waals surface area (Å²) in [5, 5.41) is 0. The van der Waals surface area contributed by atoms with Gasteiger partial charge in [-0.3, -0.25) is 4.90 Å². The van der Waals surface area contributed by atoms with E-state index in [0.29, 0.717) is 0 Å². The summed E-state index contributed by atoms with van der Waals surface area (Å²) < 4.78 is 5.03. The van der Waals surface area contributed by atoms with Crippen molar-refractivity contribution in [2.24, 2.45) is 0 Å². The van der Waals surface area contributed by atoms with Crippen molar-refractivity contribution >= 4 is 17.3 Å². The Kier molecular flexibility index (Phi) is 1.92. The van der Waals surface area contributed by atoms with E-state index in [1.54, 1.807) is 6.26 Å². The second-order valence-electron chi connectivity index (χ2n) is 2.46. The van der Waals surface area contributed by atoms with Crippen LogP contribution in [0.1, 0.15) is 0 Å². The maximum atomic E-state index is 5.85. The summed E-state index contributed by atoms with van der Waals surface area (Å²) in [5.41, 5.74) is 0.624. The van der Waals surface area contributed by atoms with E-state index in [9.17, 15) is 0 Å². The molecular formula is C9H8ClNO. The lowest BCUT2D eigenvalue weighted by molar-refractivity contribution is 0.245. The number of hydrogen-bond donors (Lipinski definition) is 0. The van der Waals surface area contributed by atoms with E-state index < -0.39 is 5.69 Å². The zero-order valence-electron chi connectivity index (χ0n) is 6.35. The predicted octanol–water partition coefficient (Wildman–Crippen LogP) is 2.52. The third-order valence-electron chi connectivity index (χ3n) is 1.69. The van der Waals surface area contributed by atoms with Crippen LogP contribution in [0.3, 0.4) is 0 Å². The van der Waals surface area contributed by atoms with Gasteiger partial charge in [0.2, 0.25) is 0 Å². The Balaban J connectivity index is 2.25. The standard InChI is InChI=1S/C9H8ClNO/c10-9-11(6-7-12-9)8-4-2-1-3-5-8/h1-7,9H. The molecule has 1 heterocycles. The average Bonchev–Trinajstić information content (AvgIpc) is 2.53. The lowest BCUT2D eigenvalue weighted by atomic mass is 10.3. The minimum absolute atomic E-state index is 0.410. The SMILES string of the molecule is ClC1OC=CN1c1ccccc1. The molecule has 0 saturated heterocycles. The van der Waals surface area contributed by atoms with E-state index in [0.717, 1.165) is 5.69 Å². The van der Waals surface area contributed by atoms with Gasteiger partial charge in [0.1, 0.15) is 6.26 Å². The number of nitrogens with zero attached hydrogens (tertiary/aromatic N) is 1. The Morgan fingerprint density at radius 1 is 1.25 bits per heavy atom. The maximum absolute atomic E-state index is 5.85. The number of benzene rings is 1. The Morgan fingerprint density at radius 2 is 2.00 bits per heavy atom. The molecule has 0 fully saturated rings. The molecule has 0 bridgehead atoms. The highest BCUT2D eigenvalue weighted by Crippen LogP contribution is 2.23. The van der Waals surface area contributed by atoms with Gasteiger partial charge in [0.25, 0.3) is 5.69 Å². The van der Waals surface area contributed by atoms with Crippen molar-refractivity contribution in [2.75, 3.05) is 4.90 Å². The molecule has 2 nitrogen and oxygen atoms in total. The van der Waals surface area contributed by atoms with Crippen LogP contribution in [0.4, 0.5) is 5.69 Å². The molecule has 12 heavy (non-hydrogen) atoms. The maximum Gasteiger partial charge on any atom is 0.253 e. The molecule has 1 aliphatic heterocycles. The number of para-hydroxylation sites is 1. The molecule has 1 aromatic carbocycles. The van der Waals surface area contributed by atoms with Gasteiger partial charge in [0.15, 0.2) is 0 Å². The first kappa shape index (κ1) is 7.50. The second-order valence-corrected chi connectivity index (χ2v) is 2.83. The van der Waals surface area contributed by atoms with E-state index in [-0.39, 0.29) is 0 Å². The summed E-state index contributed by atoms with van der Waals surface area (Å²) in [6, 6.07) is 9.85. The molecule has 1 atom stereocenters. The van der Waals surface area contributed by atoms with E-state index in [1.165, 1.54) is 0 Å². The van der Waals surface area contributed by atoms with Gasteiger partial charge in [0, 0.05) is 11.9 Å².